The molecule has 0 spiro atoms. The van der Waals surface area contributed by atoms with Crippen LogP contribution in [0.2, 0.25) is 0 Å². The van der Waals surface area contributed by atoms with E-state index in [1.165, 1.54) is 4.90 Å². The fourth-order valence-corrected chi connectivity index (χ4v) is 4.67. The van der Waals surface area contributed by atoms with E-state index in [2.05, 4.69) is 0 Å². The lowest BCUT2D eigenvalue weighted by Crippen LogP contribution is -2.37. The molecule has 3 aromatic rings. The van der Waals surface area contributed by atoms with Gasteiger partial charge in [-0.25, -0.2) is 4.79 Å². The summed E-state index contributed by atoms with van der Waals surface area (Å²) in [6, 6.07) is 15.4. The van der Waals surface area contributed by atoms with Gasteiger partial charge in [-0.05, 0) is 17.7 Å². The Balaban J connectivity index is 1.74. The van der Waals surface area contributed by atoms with Gasteiger partial charge in [0, 0.05) is 29.7 Å². The Morgan fingerprint density at radius 2 is 1.82 bits per heavy atom. The van der Waals surface area contributed by atoms with Crippen LogP contribution >= 0.6 is 24.0 Å². The van der Waals surface area contributed by atoms with Gasteiger partial charge in [-0.15, -0.1) is 0 Å². The molecule has 0 radical (unpaired) electrons. The minimum atomic E-state index is -1.15. The number of amides is 1. The number of thiocarbonyl (C=S) groups is 1. The first-order chi connectivity index (χ1) is 13.5. The van der Waals surface area contributed by atoms with Gasteiger partial charge in [0.05, 0.1) is 4.91 Å². The Morgan fingerprint density at radius 1 is 1.14 bits per heavy atom. The molecule has 1 aromatic heterocycles. The summed E-state index contributed by atoms with van der Waals surface area (Å²) in [7, 11) is 1.95. The molecule has 5 nitrogen and oxygen atoms in total. The maximum atomic E-state index is 13.1. The number of aliphatic carboxylic acids is 1. The molecule has 1 saturated heterocycles. The Bertz CT molecular complexity index is 1140. The highest BCUT2D eigenvalue weighted by Gasteiger charge is 2.41. The third kappa shape index (κ3) is 3.12. The average Bonchev–Trinajstić information content (AvgIpc) is 3.14. The van der Waals surface area contributed by atoms with Crippen LogP contribution in [-0.2, 0) is 16.6 Å². The average molecular weight is 409 g/mol. The number of benzene rings is 2. The lowest BCUT2D eigenvalue weighted by molar-refractivity contribution is -0.145. The summed E-state index contributed by atoms with van der Waals surface area (Å²) in [6.07, 6.45) is 3.73. The van der Waals surface area contributed by atoms with Gasteiger partial charge in [0.1, 0.15) is 4.32 Å². The predicted octanol–water partition coefficient (Wildman–Crippen LogP) is 4.21. The molecule has 1 fully saturated rings. The summed E-state index contributed by atoms with van der Waals surface area (Å²) in [5.41, 5.74) is 2.46. The number of carboxylic acid groups (broad SMARTS) is 1. The van der Waals surface area contributed by atoms with Crippen molar-refractivity contribution in [1.82, 2.24) is 9.47 Å². The standard InChI is InChI=1S/C21H16N2O3S2/c1-22-12-14(15-9-5-6-10-16(15)22)11-17-19(24)23(21(27)28-17)18(20(25)26)13-7-3-2-4-8-13/h2-12,18H,1H3,(H,25,26)/b17-11-/t18-/m0/s1. The molecule has 1 atom stereocenters. The monoisotopic (exact) mass is 408 g/mol. The first kappa shape index (κ1) is 18.5. The van der Waals surface area contributed by atoms with Gasteiger partial charge in [0.25, 0.3) is 5.91 Å². The number of carboxylic acids is 1. The molecule has 7 heteroatoms. The summed E-state index contributed by atoms with van der Waals surface area (Å²) in [6.45, 7) is 0. The van der Waals surface area contributed by atoms with Crippen LogP contribution in [0.15, 0.2) is 65.7 Å². The van der Waals surface area contributed by atoms with Crippen molar-refractivity contribution in [1.29, 1.82) is 0 Å². The molecule has 140 valence electrons. The molecule has 1 N–H and O–H groups in total. The number of hydrogen-bond donors (Lipinski definition) is 1. The van der Waals surface area contributed by atoms with E-state index in [1.54, 1.807) is 36.4 Å². The Morgan fingerprint density at radius 3 is 2.54 bits per heavy atom. The molecule has 0 unspecified atom stereocenters. The zero-order chi connectivity index (χ0) is 19.8. The van der Waals surface area contributed by atoms with Crippen molar-refractivity contribution in [2.24, 2.45) is 7.05 Å². The van der Waals surface area contributed by atoms with Gasteiger partial charge in [0.2, 0.25) is 0 Å². The highest BCUT2D eigenvalue weighted by atomic mass is 32.2. The molecule has 1 aliphatic heterocycles. The third-order valence-corrected chi connectivity index (χ3v) is 5.98. The van der Waals surface area contributed by atoms with Crippen LogP contribution in [0.4, 0.5) is 0 Å². The number of hydrogen-bond acceptors (Lipinski definition) is 4. The number of aromatic nitrogens is 1. The second-order valence-corrected chi connectivity index (χ2v) is 8.09. The number of nitrogens with zero attached hydrogens (tertiary/aromatic N) is 2. The highest BCUT2D eigenvalue weighted by molar-refractivity contribution is 8.26. The summed E-state index contributed by atoms with van der Waals surface area (Å²) < 4.78 is 2.24. The molecular formula is C21H16N2O3S2. The first-order valence-electron chi connectivity index (χ1n) is 8.56. The van der Waals surface area contributed by atoms with Gasteiger partial charge in [0.15, 0.2) is 6.04 Å². The van der Waals surface area contributed by atoms with Crippen LogP contribution in [0.1, 0.15) is 17.2 Å². The predicted molar refractivity (Wildman–Crippen MR) is 115 cm³/mol. The number of para-hydroxylation sites is 1. The number of fused-ring (bicyclic) bond motifs is 1. The van der Waals surface area contributed by atoms with Crippen LogP contribution in [-0.4, -0.2) is 30.8 Å². The number of thioether (sulfide) groups is 1. The quantitative estimate of drug-likeness (QED) is 0.518. The molecule has 0 bridgehead atoms. The van der Waals surface area contributed by atoms with Crippen LogP contribution in [0.5, 0.6) is 0 Å². The molecule has 1 amide bonds. The van der Waals surface area contributed by atoms with E-state index in [4.69, 9.17) is 12.2 Å². The van der Waals surface area contributed by atoms with Gasteiger partial charge in [-0.2, -0.15) is 0 Å². The van der Waals surface area contributed by atoms with Crippen LogP contribution in [0.3, 0.4) is 0 Å². The number of aryl methyl sites for hydroxylation is 1. The van der Waals surface area contributed by atoms with Gasteiger partial charge in [-0.1, -0.05) is 72.5 Å². The third-order valence-electron chi connectivity index (χ3n) is 4.65. The lowest BCUT2D eigenvalue weighted by Gasteiger charge is -2.23. The topological polar surface area (TPSA) is 62.5 Å². The van der Waals surface area contributed by atoms with E-state index in [9.17, 15) is 14.7 Å². The SMILES string of the molecule is Cn1cc(/C=C2\SC(=S)N([C@H](C(=O)O)c3ccccc3)C2=O)c2ccccc21. The summed E-state index contributed by atoms with van der Waals surface area (Å²) in [4.78, 5) is 26.6. The zero-order valence-corrected chi connectivity index (χ0v) is 16.5. The fraction of sp³-hybridized carbons (Fsp3) is 0.0952. The second kappa shape index (κ2) is 7.26. The van der Waals surface area contributed by atoms with Gasteiger partial charge >= 0.3 is 5.97 Å². The van der Waals surface area contributed by atoms with E-state index < -0.39 is 12.0 Å². The van der Waals surface area contributed by atoms with Crippen LogP contribution in [0.25, 0.3) is 17.0 Å². The number of carbonyl (C=O) groups is 2. The van der Waals surface area contributed by atoms with Crippen molar-refractivity contribution in [2.75, 3.05) is 0 Å². The largest absolute Gasteiger partial charge is 0.479 e. The Kier molecular flexibility index (Phi) is 4.78. The van der Waals surface area contributed by atoms with E-state index in [1.807, 2.05) is 42.1 Å². The van der Waals surface area contributed by atoms with E-state index in [0.717, 1.165) is 28.2 Å². The zero-order valence-electron chi connectivity index (χ0n) is 14.9. The van der Waals surface area contributed by atoms with Crippen LogP contribution < -0.4 is 0 Å². The first-order valence-corrected chi connectivity index (χ1v) is 9.78. The molecule has 2 heterocycles. The molecule has 0 aliphatic carbocycles. The number of carbonyl (C=O) groups excluding carboxylic acids is 1. The molecule has 1 aliphatic rings. The molecule has 28 heavy (non-hydrogen) atoms. The van der Waals surface area contributed by atoms with E-state index in [-0.39, 0.29) is 10.2 Å². The second-order valence-electron chi connectivity index (χ2n) is 6.42. The summed E-state index contributed by atoms with van der Waals surface area (Å²) in [5.74, 6) is -1.51. The Labute approximate surface area is 171 Å². The highest BCUT2D eigenvalue weighted by Crippen LogP contribution is 2.39. The lowest BCUT2D eigenvalue weighted by atomic mass is 10.1. The molecule has 4 rings (SSSR count). The van der Waals surface area contributed by atoms with E-state index >= 15 is 0 Å². The van der Waals surface area contributed by atoms with Gasteiger partial charge in [-0.3, -0.25) is 9.69 Å². The molecule has 0 saturated carbocycles. The summed E-state index contributed by atoms with van der Waals surface area (Å²) >= 11 is 6.50. The van der Waals surface area contributed by atoms with E-state index in [0.29, 0.717) is 10.5 Å². The summed E-state index contributed by atoms with van der Waals surface area (Å²) in [5, 5.41) is 10.8. The van der Waals surface area contributed by atoms with Crippen molar-refractivity contribution in [3.8, 4) is 0 Å². The maximum Gasteiger partial charge on any atom is 0.331 e. The minimum Gasteiger partial charge on any atom is -0.479 e. The van der Waals surface area contributed by atoms with Gasteiger partial charge < -0.3 is 9.67 Å². The van der Waals surface area contributed by atoms with Crippen molar-refractivity contribution >= 4 is 57.2 Å². The van der Waals surface area contributed by atoms with Crippen molar-refractivity contribution in [3.63, 3.8) is 0 Å². The maximum absolute atomic E-state index is 13.1. The minimum absolute atomic E-state index is 0.243. The molecular weight excluding hydrogens is 392 g/mol. The Hall–Kier alpha value is -2.90. The number of rotatable bonds is 4. The molecule has 2 aromatic carbocycles. The normalized spacial score (nSPS) is 16.9. The van der Waals surface area contributed by atoms with Crippen molar-refractivity contribution < 1.29 is 14.7 Å². The van der Waals surface area contributed by atoms with Crippen molar-refractivity contribution in [2.45, 2.75) is 6.04 Å². The van der Waals surface area contributed by atoms with Crippen LogP contribution in [0, 0.1) is 0 Å². The fourth-order valence-electron chi connectivity index (χ4n) is 3.37. The van der Waals surface area contributed by atoms with Crippen molar-refractivity contribution in [3.05, 3.63) is 76.8 Å². The smallest absolute Gasteiger partial charge is 0.331 e.